The standard InChI is InChI=1S/C29H31F2N5O5S/c1-17(24-11-19(14-42-24)26(32)33)35-28(39)23-12-29(31,16-40-2)15-36(23)25(37)13-34-27(38)18-3-7-21(8-4-18)41-22-9-5-20(30)6-10-22/h3-11,14,17,23H,12-13,15-16H2,1-2H3,(H3,32,33)(H,34,38)(H,35,39)/t17-,23+,29-/m1/s1. The molecule has 3 atom stereocenters. The van der Waals surface area contributed by atoms with Crippen molar-refractivity contribution in [2.45, 2.75) is 31.1 Å². The minimum atomic E-state index is -1.94. The average Bonchev–Trinajstić information content (AvgIpc) is 3.59. The molecule has 0 bridgehead atoms. The summed E-state index contributed by atoms with van der Waals surface area (Å²) >= 11 is 1.32. The van der Waals surface area contributed by atoms with Gasteiger partial charge in [0, 0.05) is 34.9 Å². The summed E-state index contributed by atoms with van der Waals surface area (Å²) in [6.07, 6.45) is -0.266. The van der Waals surface area contributed by atoms with Crippen molar-refractivity contribution in [1.82, 2.24) is 15.5 Å². The Morgan fingerprint density at radius 1 is 1.14 bits per heavy atom. The first kappa shape index (κ1) is 30.6. The molecule has 0 radical (unpaired) electrons. The lowest BCUT2D eigenvalue weighted by Gasteiger charge is -2.25. The fourth-order valence-corrected chi connectivity index (χ4v) is 5.49. The molecule has 0 saturated carbocycles. The second-order valence-electron chi connectivity index (χ2n) is 9.97. The molecule has 1 aliphatic heterocycles. The number of methoxy groups -OCH3 is 1. The summed E-state index contributed by atoms with van der Waals surface area (Å²) in [4.78, 5) is 40.9. The summed E-state index contributed by atoms with van der Waals surface area (Å²) in [7, 11) is 1.34. The van der Waals surface area contributed by atoms with Crippen molar-refractivity contribution in [1.29, 1.82) is 5.41 Å². The van der Waals surface area contributed by atoms with Gasteiger partial charge in [0.2, 0.25) is 11.8 Å². The summed E-state index contributed by atoms with van der Waals surface area (Å²) in [6.45, 7) is 0.609. The number of ether oxygens (including phenoxy) is 2. The zero-order valence-electron chi connectivity index (χ0n) is 23.0. The third kappa shape index (κ3) is 7.47. The highest BCUT2D eigenvalue weighted by molar-refractivity contribution is 7.10. The van der Waals surface area contributed by atoms with Crippen LogP contribution >= 0.6 is 11.3 Å². The van der Waals surface area contributed by atoms with Gasteiger partial charge in [-0.15, -0.1) is 11.3 Å². The first-order valence-corrected chi connectivity index (χ1v) is 13.9. The summed E-state index contributed by atoms with van der Waals surface area (Å²) in [5, 5.41) is 14.6. The smallest absolute Gasteiger partial charge is 0.251 e. The molecule has 5 N–H and O–H groups in total. The number of nitrogens with one attached hydrogen (secondary N) is 3. The maximum Gasteiger partial charge on any atom is 0.251 e. The van der Waals surface area contributed by atoms with Crippen LogP contribution in [0.5, 0.6) is 11.5 Å². The molecule has 1 saturated heterocycles. The van der Waals surface area contributed by atoms with E-state index in [2.05, 4.69) is 10.6 Å². The van der Waals surface area contributed by atoms with Crippen LogP contribution in [0.1, 0.15) is 40.2 Å². The Morgan fingerprint density at radius 2 is 1.79 bits per heavy atom. The van der Waals surface area contributed by atoms with Crippen molar-refractivity contribution < 1.29 is 32.6 Å². The zero-order chi connectivity index (χ0) is 30.4. The maximum absolute atomic E-state index is 15.5. The molecule has 2 heterocycles. The molecule has 4 rings (SSSR count). The molecule has 1 fully saturated rings. The molecule has 0 unspecified atom stereocenters. The van der Waals surface area contributed by atoms with Crippen molar-refractivity contribution in [2.75, 3.05) is 26.8 Å². The Morgan fingerprint density at radius 3 is 2.38 bits per heavy atom. The number of hydrogen-bond donors (Lipinski definition) is 4. The number of rotatable bonds is 11. The topological polar surface area (TPSA) is 147 Å². The number of benzene rings is 2. The Kier molecular flexibility index (Phi) is 9.53. The van der Waals surface area contributed by atoms with Gasteiger partial charge in [-0.2, -0.15) is 0 Å². The van der Waals surface area contributed by atoms with Crippen LogP contribution in [0.25, 0.3) is 0 Å². The third-order valence-corrected chi connectivity index (χ3v) is 7.81. The molecular weight excluding hydrogens is 568 g/mol. The Hall–Kier alpha value is -4.36. The van der Waals surface area contributed by atoms with Crippen LogP contribution in [0.4, 0.5) is 8.78 Å². The second-order valence-corrected chi connectivity index (χ2v) is 10.9. The van der Waals surface area contributed by atoms with E-state index in [9.17, 15) is 18.8 Å². The van der Waals surface area contributed by atoms with Crippen LogP contribution in [0.2, 0.25) is 0 Å². The summed E-state index contributed by atoms with van der Waals surface area (Å²) in [5.74, 6) is -1.36. The van der Waals surface area contributed by atoms with Gasteiger partial charge < -0.3 is 30.7 Å². The Bertz CT molecular complexity index is 1450. The molecule has 13 heteroatoms. The van der Waals surface area contributed by atoms with Crippen molar-refractivity contribution in [2.24, 2.45) is 5.73 Å². The lowest BCUT2D eigenvalue weighted by atomic mass is 10.0. The fourth-order valence-electron chi connectivity index (χ4n) is 4.57. The highest BCUT2D eigenvalue weighted by Crippen LogP contribution is 2.32. The van der Waals surface area contributed by atoms with Gasteiger partial charge in [-0.25, -0.2) is 8.78 Å². The number of thiophene rings is 1. The van der Waals surface area contributed by atoms with E-state index in [1.807, 2.05) is 0 Å². The first-order valence-electron chi connectivity index (χ1n) is 13.0. The number of likely N-dealkylation sites (tertiary alicyclic amines) is 1. The van der Waals surface area contributed by atoms with Crippen LogP contribution in [-0.4, -0.2) is 67.0 Å². The largest absolute Gasteiger partial charge is 0.457 e. The van der Waals surface area contributed by atoms with E-state index in [0.717, 1.165) is 9.78 Å². The van der Waals surface area contributed by atoms with E-state index in [1.165, 1.54) is 54.8 Å². The predicted octanol–water partition coefficient (Wildman–Crippen LogP) is 3.53. The number of hydrogen-bond acceptors (Lipinski definition) is 7. The van der Waals surface area contributed by atoms with Crippen molar-refractivity contribution in [3.63, 3.8) is 0 Å². The van der Waals surface area contributed by atoms with Crippen LogP contribution in [0.3, 0.4) is 0 Å². The molecule has 1 aliphatic rings. The number of nitrogens with two attached hydrogens (primary N) is 1. The lowest BCUT2D eigenvalue weighted by Crippen LogP contribution is -2.49. The van der Waals surface area contributed by atoms with Gasteiger partial charge in [0.25, 0.3) is 5.91 Å². The van der Waals surface area contributed by atoms with Crippen molar-refractivity contribution in [3.8, 4) is 11.5 Å². The summed E-state index contributed by atoms with van der Waals surface area (Å²) in [6, 6.07) is 11.7. The van der Waals surface area contributed by atoms with Gasteiger partial charge in [-0.05, 0) is 61.5 Å². The van der Waals surface area contributed by atoms with Gasteiger partial charge in [-0.1, -0.05) is 0 Å². The van der Waals surface area contributed by atoms with Crippen LogP contribution < -0.4 is 21.1 Å². The van der Waals surface area contributed by atoms with Crippen molar-refractivity contribution in [3.05, 3.63) is 81.8 Å². The van der Waals surface area contributed by atoms with Gasteiger partial charge in [0.15, 0.2) is 5.67 Å². The second kappa shape index (κ2) is 13.1. The normalized spacial score (nSPS) is 18.8. The highest BCUT2D eigenvalue weighted by Gasteiger charge is 2.49. The SMILES string of the molecule is COC[C@@]1(F)C[C@@H](C(=O)N[C@H](C)c2cc(C(=N)N)cs2)N(C(=O)CNC(=O)c2ccc(Oc3ccc(F)cc3)cc2)C1. The highest BCUT2D eigenvalue weighted by atomic mass is 32.1. The minimum Gasteiger partial charge on any atom is -0.457 e. The van der Waals surface area contributed by atoms with Gasteiger partial charge >= 0.3 is 0 Å². The molecule has 10 nitrogen and oxygen atoms in total. The molecule has 3 amide bonds. The molecule has 0 aliphatic carbocycles. The number of carbonyl (C=O) groups is 3. The van der Waals surface area contributed by atoms with Crippen LogP contribution in [0.15, 0.2) is 60.0 Å². The van der Waals surface area contributed by atoms with Gasteiger partial charge in [-0.3, -0.25) is 19.8 Å². The molecule has 2 aromatic carbocycles. The molecule has 42 heavy (non-hydrogen) atoms. The third-order valence-electron chi connectivity index (χ3n) is 6.70. The summed E-state index contributed by atoms with van der Waals surface area (Å²) < 4.78 is 39.2. The first-order chi connectivity index (χ1) is 20.0. The number of carbonyl (C=O) groups excluding carboxylic acids is 3. The summed E-state index contributed by atoms with van der Waals surface area (Å²) in [5.41, 5.74) is 4.36. The number of alkyl halides is 1. The number of nitrogen functional groups attached to an aromatic ring is 1. The van der Waals surface area contributed by atoms with Crippen LogP contribution in [-0.2, 0) is 14.3 Å². The van der Waals surface area contributed by atoms with Crippen molar-refractivity contribution >= 4 is 34.9 Å². The molecule has 222 valence electrons. The quantitative estimate of drug-likeness (QED) is 0.196. The minimum absolute atomic E-state index is 0.0957. The molecule has 1 aromatic heterocycles. The molecule has 0 spiro atoms. The average molecular weight is 600 g/mol. The van der Waals surface area contributed by atoms with E-state index in [-0.39, 0.29) is 31.0 Å². The Labute approximate surface area is 245 Å². The van der Waals surface area contributed by atoms with E-state index >= 15 is 4.39 Å². The number of nitrogens with zero attached hydrogens (tertiary/aromatic N) is 1. The van der Waals surface area contributed by atoms with Gasteiger partial charge in [0.1, 0.15) is 29.2 Å². The lowest BCUT2D eigenvalue weighted by molar-refractivity contribution is -0.138. The van der Waals surface area contributed by atoms with Crippen LogP contribution in [0, 0.1) is 11.2 Å². The fraction of sp³-hybridized carbons (Fsp3) is 0.310. The molecular formula is C29H31F2N5O5S. The Balaban J connectivity index is 1.37. The van der Waals surface area contributed by atoms with E-state index < -0.39 is 47.8 Å². The monoisotopic (exact) mass is 599 g/mol. The number of amides is 3. The number of amidine groups is 1. The molecule has 3 aromatic rings. The van der Waals surface area contributed by atoms with E-state index in [0.29, 0.717) is 17.1 Å². The van der Waals surface area contributed by atoms with E-state index in [1.54, 1.807) is 30.5 Å². The van der Waals surface area contributed by atoms with Gasteiger partial charge in [0.05, 0.1) is 25.7 Å². The predicted molar refractivity (Wildman–Crippen MR) is 153 cm³/mol. The van der Waals surface area contributed by atoms with E-state index in [4.69, 9.17) is 20.6 Å². The zero-order valence-corrected chi connectivity index (χ0v) is 23.8. The maximum atomic E-state index is 15.5. The number of halogens is 2.